The Hall–Kier alpha value is -2.35. The first-order valence-corrected chi connectivity index (χ1v) is 11.1. The Morgan fingerprint density at radius 3 is 2.67 bits per heavy atom. The molecule has 146 valence electrons. The van der Waals surface area contributed by atoms with Crippen LogP contribution in [0.5, 0.6) is 0 Å². The zero-order valence-electron chi connectivity index (χ0n) is 16.1. The average molecular weight is 390 g/mol. The summed E-state index contributed by atoms with van der Waals surface area (Å²) in [5.74, 6) is 1.05. The second-order valence-electron chi connectivity index (χ2n) is 6.84. The van der Waals surface area contributed by atoms with Gasteiger partial charge in [0.2, 0.25) is 0 Å². The first-order valence-electron chi connectivity index (χ1n) is 9.25. The second-order valence-corrected chi connectivity index (χ2v) is 9.06. The van der Waals surface area contributed by atoms with Crippen molar-refractivity contribution < 1.29 is 8.42 Å². The Balaban J connectivity index is 1.77. The number of nitrogens with zero attached hydrogens (tertiary/aromatic N) is 3. The maximum Gasteiger partial charge on any atom is 0.191 e. The van der Waals surface area contributed by atoms with Crippen LogP contribution in [-0.4, -0.2) is 48.3 Å². The highest BCUT2D eigenvalue weighted by molar-refractivity contribution is 7.91. The van der Waals surface area contributed by atoms with Crippen LogP contribution >= 0.6 is 0 Å². The van der Waals surface area contributed by atoms with Crippen LogP contribution in [0.2, 0.25) is 0 Å². The molecule has 1 aliphatic heterocycles. The molecular weight excluding hydrogens is 362 g/mol. The van der Waals surface area contributed by atoms with Crippen molar-refractivity contribution in [1.29, 1.82) is 0 Å². The van der Waals surface area contributed by atoms with Crippen molar-refractivity contribution in [2.24, 2.45) is 4.99 Å². The number of aromatic nitrogens is 2. The first-order chi connectivity index (χ1) is 12.9. The van der Waals surface area contributed by atoms with Gasteiger partial charge in [-0.05, 0) is 39.3 Å². The summed E-state index contributed by atoms with van der Waals surface area (Å²) in [5.41, 5.74) is 4.10. The van der Waals surface area contributed by atoms with Crippen LogP contribution in [0, 0.1) is 13.8 Å². The molecule has 1 fully saturated rings. The number of aliphatic imine (C=N–C) groups is 1. The van der Waals surface area contributed by atoms with E-state index in [1.165, 1.54) is 0 Å². The zero-order valence-corrected chi connectivity index (χ0v) is 16.9. The number of nitrogens with one attached hydrogen (secondary N) is 2. The molecular formula is C19H27N5O2S. The number of aryl methyl sites for hydroxylation is 1. The molecule has 1 saturated heterocycles. The van der Waals surface area contributed by atoms with E-state index in [0.717, 1.165) is 22.6 Å². The number of hydrogen-bond acceptors (Lipinski definition) is 4. The molecule has 1 aromatic heterocycles. The summed E-state index contributed by atoms with van der Waals surface area (Å²) in [6.45, 7) is 7.22. The lowest BCUT2D eigenvalue weighted by atomic mass is 10.2. The van der Waals surface area contributed by atoms with Crippen molar-refractivity contribution in [3.05, 3.63) is 47.3 Å². The molecule has 3 rings (SSSR count). The molecule has 2 heterocycles. The van der Waals surface area contributed by atoms with Gasteiger partial charge in [-0.3, -0.25) is 0 Å². The Bertz CT molecular complexity index is 919. The van der Waals surface area contributed by atoms with E-state index >= 15 is 0 Å². The Morgan fingerprint density at radius 1 is 1.30 bits per heavy atom. The molecule has 7 nitrogen and oxygen atoms in total. The molecule has 27 heavy (non-hydrogen) atoms. The molecule has 0 bridgehead atoms. The summed E-state index contributed by atoms with van der Waals surface area (Å²) in [6.07, 6.45) is 0.622. The maximum atomic E-state index is 11.7. The predicted molar refractivity (Wildman–Crippen MR) is 108 cm³/mol. The normalized spacial score (nSPS) is 19.2. The zero-order chi connectivity index (χ0) is 19.4. The van der Waals surface area contributed by atoms with Crippen LogP contribution in [0.15, 0.2) is 35.3 Å². The summed E-state index contributed by atoms with van der Waals surface area (Å²) in [5, 5.41) is 11.1. The van der Waals surface area contributed by atoms with Crippen molar-refractivity contribution in [3.63, 3.8) is 0 Å². The number of para-hydroxylation sites is 1. The SMILES string of the molecule is CCNC(=NCc1c(C)nn(-c2ccccc2)c1C)NC1CCS(=O)(=O)C1. The van der Waals surface area contributed by atoms with Gasteiger partial charge in [0.1, 0.15) is 0 Å². The Kier molecular flexibility index (Phi) is 5.84. The van der Waals surface area contributed by atoms with E-state index in [4.69, 9.17) is 0 Å². The summed E-state index contributed by atoms with van der Waals surface area (Å²) in [6, 6.07) is 9.94. The smallest absolute Gasteiger partial charge is 0.191 e. The summed E-state index contributed by atoms with van der Waals surface area (Å²) < 4.78 is 25.3. The second kappa shape index (κ2) is 8.12. The standard InChI is InChI=1S/C19H27N5O2S/c1-4-20-19(22-16-10-11-27(25,26)13-16)21-12-18-14(2)23-24(15(18)3)17-8-6-5-7-9-17/h5-9,16H,4,10-13H2,1-3H3,(H2,20,21,22). The highest BCUT2D eigenvalue weighted by atomic mass is 32.2. The van der Waals surface area contributed by atoms with E-state index in [1.807, 2.05) is 55.8 Å². The van der Waals surface area contributed by atoms with Crippen LogP contribution in [0.25, 0.3) is 5.69 Å². The fourth-order valence-corrected chi connectivity index (χ4v) is 4.98. The predicted octanol–water partition coefficient (Wildman–Crippen LogP) is 1.73. The summed E-state index contributed by atoms with van der Waals surface area (Å²) in [7, 11) is -2.92. The largest absolute Gasteiger partial charge is 0.357 e. The van der Waals surface area contributed by atoms with Crippen molar-refractivity contribution in [2.75, 3.05) is 18.1 Å². The van der Waals surface area contributed by atoms with Crippen LogP contribution < -0.4 is 10.6 Å². The summed E-state index contributed by atoms with van der Waals surface area (Å²) in [4.78, 5) is 4.67. The van der Waals surface area contributed by atoms with E-state index in [9.17, 15) is 8.42 Å². The molecule has 1 aromatic carbocycles. The molecule has 0 saturated carbocycles. The molecule has 0 aliphatic carbocycles. The topological polar surface area (TPSA) is 88.4 Å². The Labute approximate surface area is 160 Å². The third kappa shape index (κ3) is 4.68. The number of sulfone groups is 1. The fraction of sp³-hybridized carbons (Fsp3) is 0.474. The van der Waals surface area contributed by atoms with Gasteiger partial charge in [-0.2, -0.15) is 5.10 Å². The van der Waals surface area contributed by atoms with Gasteiger partial charge in [-0.1, -0.05) is 18.2 Å². The number of guanidine groups is 1. The third-order valence-corrected chi connectivity index (χ3v) is 6.52. The van der Waals surface area contributed by atoms with Crippen molar-refractivity contribution >= 4 is 15.8 Å². The lowest BCUT2D eigenvalue weighted by Gasteiger charge is -2.15. The van der Waals surface area contributed by atoms with E-state index in [0.29, 0.717) is 25.5 Å². The lowest BCUT2D eigenvalue weighted by molar-refractivity contribution is 0.599. The highest BCUT2D eigenvalue weighted by Crippen LogP contribution is 2.18. The quantitative estimate of drug-likeness (QED) is 0.601. The highest BCUT2D eigenvalue weighted by Gasteiger charge is 2.28. The molecule has 2 N–H and O–H groups in total. The van der Waals surface area contributed by atoms with Crippen LogP contribution in [0.4, 0.5) is 0 Å². The van der Waals surface area contributed by atoms with Gasteiger partial charge < -0.3 is 10.6 Å². The van der Waals surface area contributed by atoms with Gasteiger partial charge in [0.25, 0.3) is 0 Å². The molecule has 1 unspecified atom stereocenters. The number of rotatable bonds is 5. The van der Waals surface area contributed by atoms with Crippen LogP contribution in [-0.2, 0) is 16.4 Å². The molecule has 0 radical (unpaired) electrons. The van der Waals surface area contributed by atoms with Crippen molar-refractivity contribution in [3.8, 4) is 5.69 Å². The van der Waals surface area contributed by atoms with E-state index < -0.39 is 9.84 Å². The van der Waals surface area contributed by atoms with Gasteiger partial charge in [-0.15, -0.1) is 0 Å². The number of hydrogen-bond donors (Lipinski definition) is 2. The molecule has 0 amide bonds. The Morgan fingerprint density at radius 2 is 2.04 bits per heavy atom. The summed E-state index contributed by atoms with van der Waals surface area (Å²) >= 11 is 0. The first kappa shape index (κ1) is 19.4. The van der Waals surface area contributed by atoms with Crippen molar-refractivity contribution in [2.45, 2.75) is 39.8 Å². The molecule has 1 atom stereocenters. The molecule has 0 spiro atoms. The average Bonchev–Trinajstić information content (AvgIpc) is 3.12. The maximum absolute atomic E-state index is 11.7. The van der Waals surface area contributed by atoms with E-state index in [2.05, 4.69) is 20.7 Å². The minimum absolute atomic E-state index is 0.0814. The van der Waals surface area contributed by atoms with Gasteiger partial charge in [0.05, 0.1) is 29.4 Å². The minimum atomic E-state index is -2.92. The van der Waals surface area contributed by atoms with E-state index in [1.54, 1.807) is 0 Å². The molecule has 2 aromatic rings. The van der Waals surface area contributed by atoms with Crippen molar-refractivity contribution in [1.82, 2.24) is 20.4 Å². The van der Waals surface area contributed by atoms with Gasteiger partial charge >= 0.3 is 0 Å². The fourth-order valence-electron chi connectivity index (χ4n) is 3.30. The van der Waals surface area contributed by atoms with Gasteiger partial charge in [0, 0.05) is 23.8 Å². The van der Waals surface area contributed by atoms with Crippen LogP contribution in [0.1, 0.15) is 30.3 Å². The minimum Gasteiger partial charge on any atom is -0.357 e. The van der Waals surface area contributed by atoms with Gasteiger partial charge in [0.15, 0.2) is 15.8 Å². The van der Waals surface area contributed by atoms with E-state index in [-0.39, 0.29) is 17.5 Å². The lowest BCUT2D eigenvalue weighted by Crippen LogP contribution is -2.44. The molecule has 1 aliphatic rings. The number of benzene rings is 1. The van der Waals surface area contributed by atoms with Crippen LogP contribution in [0.3, 0.4) is 0 Å². The molecule has 8 heteroatoms. The third-order valence-electron chi connectivity index (χ3n) is 4.75. The monoisotopic (exact) mass is 389 g/mol. The van der Waals surface area contributed by atoms with Gasteiger partial charge in [-0.25, -0.2) is 18.1 Å².